The summed E-state index contributed by atoms with van der Waals surface area (Å²) in [4.78, 5) is 15.3. The zero-order chi connectivity index (χ0) is 12.7. The highest BCUT2D eigenvalue weighted by Crippen LogP contribution is 2.06. The fourth-order valence-electron chi connectivity index (χ4n) is 1.11. The molecule has 0 saturated carbocycles. The number of hydrogen-bond acceptors (Lipinski definition) is 5. The third-order valence-electron chi connectivity index (χ3n) is 1.90. The summed E-state index contributed by atoms with van der Waals surface area (Å²) in [7, 11) is 0. The van der Waals surface area contributed by atoms with Gasteiger partial charge in [-0.1, -0.05) is 0 Å². The highest BCUT2D eigenvalue weighted by atomic mass is 16.5. The first-order valence-corrected chi connectivity index (χ1v) is 5.14. The summed E-state index contributed by atoms with van der Waals surface area (Å²) in [5, 5.41) is 11.6. The van der Waals surface area contributed by atoms with Gasteiger partial charge in [-0.05, 0) is 31.5 Å². The number of nitrogens with zero attached hydrogens (tertiary/aromatic N) is 2. The summed E-state index contributed by atoms with van der Waals surface area (Å²) >= 11 is 0. The molecular weight excluding hydrogens is 218 g/mol. The van der Waals surface area contributed by atoms with Gasteiger partial charge in [0.15, 0.2) is 5.57 Å². The smallest absolute Gasteiger partial charge is 0.350 e. The van der Waals surface area contributed by atoms with Crippen molar-refractivity contribution in [3.05, 3.63) is 35.7 Å². The number of nitriles is 1. The number of rotatable bonds is 4. The van der Waals surface area contributed by atoms with Gasteiger partial charge in [0.2, 0.25) is 0 Å². The highest BCUT2D eigenvalue weighted by Gasteiger charge is 2.08. The highest BCUT2D eigenvalue weighted by molar-refractivity contribution is 5.93. The molecule has 0 aliphatic carbocycles. The van der Waals surface area contributed by atoms with Crippen molar-refractivity contribution in [3.8, 4) is 6.07 Å². The average Bonchev–Trinajstić information content (AvgIpc) is 2.30. The molecule has 1 heterocycles. The van der Waals surface area contributed by atoms with E-state index < -0.39 is 5.97 Å². The second-order valence-electron chi connectivity index (χ2n) is 3.25. The quantitative estimate of drug-likeness (QED) is 0.485. The number of pyridine rings is 1. The monoisotopic (exact) mass is 231 g/mol. The van der Waals surface area contributed by atoms with E-state index in [1.165, 1.54) is 6.20 Å². The Bertz CT molecular complexity index is 475. The predicted molar refractivity (Wildman–Crippen MR) is 62.9 cm³/mol. The Morgan fingerprint density at radius 3 is 3.06 bits per heavy atom. The van der Waals surface area contributed by atoms with Crippen LogP contribution in [0, 0.1) is 18.3 Å². The van der Waals surface area contributed by atoms with Crippen molar-refractivity contribution in [2.75, 3.05) is 11.9 Å². The predicted octanol–water partition coefficient (Wildman–Crippen LogP) is 1.77. The molecule has 1 rings (SSSR count). The molecule has 17 heavy (non-hydrogen) atoms. The SMILES string of the molecule is CCOC(=O)/C(C#N)=C/Nc1cc(C)ccn1. The van der Waals surface area contributed by atoms with E-state index >= 15 is 0 Å². The number of carbonyl (C=O) groups is 1. The molecule has 5 heteroatoms. The largest absolute Gasteiger partial charge is 0.462 e. The third-order valence-corrected chi connectivity index (χ3v) is 1.90. The number of aromatic nitrogens is 1. The maximum atomic E-state index is 11.3. The summed E-state index contributed by atoms with van der Waals surface area (Å²) in [5.41, 5.74) is 0.945. The van der Waals surface area contributed by atoms with E-state index in [9.17, 15) is 4.79 Å². The first-order chi connectivity index (χ1) is 8.17. The molecular formula is C12H13N3O2. The van der Waals surface area contributed by atoms with Crippen LogP contribution in [-0.4, -0.2) is 17.6 Å². The summed E-state index contributed by atoms with van der Waals surface area (Å²) < 4.78 is 4.72. The zero-order valence-electron chi connectivity index (χ0n) is 9.73. The van der Waals surface area contributed by atoms with Crippen LogP contribution in [0.1, 0.15) is 12.5 Å². The topological polar surface area (TPSA) is 75.0 Å². The summed E-state index contributed by atoms with van der Waals surface area (Å²) in [5.74, 6) is -0.0720. The van der Waals surface area contributed by atoms with E-state index in [-0.39, 0.29) is 12.2 Å². The maximum absolute atomic E-state index is 11.3. The van der Waals surface area contributed by atoms with Gasteiger partial charge in [0.1, 0.15) is 11.9 Å². The lowest BCUT2D eigenvalue weighted by Crippen LogP contribution is -2.08. The van der Waals surface area contributed by atoms with Crippen LogP contribution >= 0.6 is 0 Å². The molecule has 1 N–H and O–H groups in total. The molecule has 0 radical (unpaired) electrons. The molecule has 0 aliphatic heterocycles. The minimum Gasteiger partial charge on any atom is -0.462 e. The molecule has 0 aliphatic rings. The summed E-state index contributed by atoms with van der Waals surface area (Å²) in [6.45, 7) is 3.84. The minimum absolute atomic E-state index is 0.0878. The lowest BCUT2D eigenvalue weighted by atomic mass is 10.3. The number of aryl methyl sites for hydroxylation is 1. The van der Waals surface area contributed by atoms with Crippen molar-refractivity contribution < 1.29 is 9.53 Å². The van der Waals surface area contributed by atoms with E-state index in [1.807, 2.05) is 13.0 Å². The number of nitrogens with one attached hydrogen (secondary N) is 1. The molecule has 5 nitrogen and oxygen atoms in total. The van der Waals surface area contributed by atoms with Crippen molar-refractivity contribution in [1.82, 2.24) is 4.98 Å². The van der Waals surface area contributed by atoms with Crippen LogP contribution in [0.4, 0.5) is 5.82 Å². The van der Waals surface area contributed by atoms with Crippen LogP contribution in [0.2, 0.25) is 0 Å². The van der Waals surface area contributed by atoms with Crippen LogP contribution in [0.25, 0.3) is 0 Å². The van der Waals surface area contributed by atoms with Gasteiger partial charge < -0.3 is 10.1 Å². The summed E-state index contributed by atoms with van der Waals surface area (Å²) in [6.07, 6.45) is 2.93. The van der Waals surface area contributed by atoms with E-state index in [1.54, 1.807) is 25.3 Å². The fraction of sp³-hybridized carbons (Fsp3) is 0.250. The van der Waals surface area contributed by atoms with Crippen LogP contribution in [0.5, 0.6) is 0 Å². The maximum Gasteiger partial charge on any atom is 0.350 e. The lowest BCUT2D eigenvalue weighted by Gasteiger charge is -2.02. The number of anilines is 1. The molecule has 1 aromatic heterocycles. The van der Waals surface area contributed by atoms with Gasteiger partial charge >= 0.3 is 5.97 Å². The Hall–Kier alpha value is -2.35. The van der Waals surface area contributed by atoms with Gasteiger partial charge in [-0.2, -0.15) is 5.26 Å². The minimum atomic E-state index is -0.643. The molecule has 88 valence electrons. The van der Waals surface area contributed by atoms with Crippen molar-refractivity contribution >= 4 is 11.8 Å². The van der Waals surface area contributed by atoms with E-state index in [0.717, 1.165) is 5.56 Å². The fourth-order valence-corrected chi connectivity index (χ4v) is 1.11. The van der Waals surface area contributed by atoms with E-state index in [2.05, 4.69) is 10.3 Å². The Labute approximate surface area is 99.7 Å². The van der Waals surface area contributed by atoms with Crippen LogP contribution in [0.15, 0.2) is 30.1 Å². The molecule has 0 amide bonds. The van der Waals surface area contributed by atoms with Crippen molar-refractivity contribution in [1.29, 1.82) is 5.26 Å². The second-order valence-corrected chi connectivity index (χ2v) is 3.25. The molecule has 0 fully saturated rings. The normalized spacial score (nSPS) is 10.5. The molecule has 0 saturated heterocycles. The molecule has 0 unspecified atom stereocenters. The Morgan fingerprint density at radius 1 is 1.71 bits per heavy atom. The average molecular weight is 231 g/mol. The number of carbonyl (C=O) groups excluding carboxylic acids is 1. The first-order valence-electron chi connectivity index (χ1n) is 5.14. The lowest BCUT2D eigenvalue weighted by molar-refractivity contribution is -0.138. The third kappa shape index (κ3) is 3.95. The van der Waals surface area contributed by atoms with E-state index in [4.69, 9.17) is 10.00 Å². The van der Waals surface area contributed by atoms with Crippen LogP contribution in [-0.2, 0) is 9.53 Å². The van der Waals surface area contributed by atoms with Gasteiger partial charge in [-0.3, -0.25) is 0 Å². The van der Waals surface area contributed by atoms with Crippen molar-refractivity contribution in [2.45, 2.75) is 13.8 Å². The van der Waals surface area contributed by atoms with Gasteiger partial charge in [0, 0.05) is 12.4 Å². The Balaban J connectivity index is 2.75. The first kappa shape index (κ1) is 12.7. The number of hydrogen-bond donors (Lipinski definition) is 1. The number of ether oxygens (including phenoxy) is 1. The molecule has 0 atom stereocenters. The van der Waals surface area contributed by atoms with Gasteiger partial charge in [0.05, 0.1) is 6.61 Å². The van der Waals surface area contributed by atoms with E-state index in [0.29, 0.717) is 5.82 Å². The molecule has 1 aromatic rings. The van der Waals surface area contributed by atoms with Crippen LogP contribution in [0.3, 0.4) is 0 Å². The van der Waals surface area contributed by atoms with Crippen molar-refractivity contribution in [3.63, 3.8) is 0 Å². The standard InChI is InChI=1S/C12H13N3O2/c1-3-17-12(16)10(7-13)8-15-11-6-9(2)4-5-14-11/h4-6,8H,3H2,1-2H3,(H,14,15)/b10-8+. The molecule has 0 bridgehead atoms. The number of esters is 1. The summed E-state index contributed by atoms with van der Waals surface area (Å²) in [6, 6.07) is 5.42. The second kappa shape index (κ2) is 6.28. The van der Waals surface area contributed by atoms with Crippen molar-refractivity contribution in [2.24, 2.45) is 0 Å². The van der Waals surface area contributed by atoms with Crippen LogP contribution < -0.4 is 5.32 Å². The van der Waals surface area contributed by atoms with Gasteiger partial charge in [-0.25, -0.2) is 9.78 Å². The Morgan fingerprint density at radius 2 is 2.47 bits per heavy atom. The molecule has 0 spiro atoms. The molecule has 0 aromatic carbocycles. The van der Waals surface area contributed by atoms with Gasteiger partial charge in [-0.15, -0.1) is 0 Å². The Kier molecular flexibility index (Phi) is 4.70. The zero-order valence-corrected chi connectivity index (χ0v) is 9.73. The van der Waals surface area contributed by atoms with Gasteiger partial charge in [0.25, 0.3) is 0 Å².